The predicted octanol–water partition coefficient (Wildman–Crippen LogP) is 2.46. The van der Waals surface area contributed by atoms with E-state index in [1.54, 1.807) is 0 Å². The number of rotatable bonds is 3. The molecule has 0 aliphatic rings. The van der Waals surface area contributed by atoms with Gasteiger partial charge in [-0.15, -0.1) is 11.6 Å². The van der Waals surface area contributed by atoms with Gasteiger partial charge in [-0.2, -0.15) is 0 Å². The van der Waals surface area contributed by atoms with Crippen LogP contribution in [0.2, 0.25) is 0 Å². The minimum atomic E-state index is -0.208. The zero-order valence-corrected chi connectivity index (χ0v) is 8.37. The van der Waals surface area contributed by atoms with Crippen LogP contribution in [-0.2, 0) is 0 Å². The Morgan fingerprint density at radius 2 is 2.21 bits per heavy atom. The van der Waals surface area contributed by atoms with Gasteiger partial charge in [-0.05, 0) is 18.6 Å². The van der Waals surface area contributed by atoms with Gasteiger partial charge in [0.25, 0.3) is 0 Å². The van der Waals surface area contributed by atoms with Gasteiger partial charge in [-0.3, -0.25) is 0 Å². The maximum atomic E-state index is 5.83. The predicted molar refractivity (Wildman–Crippen MR) is 56.3 cm³/mol. The lowest BCUT2D eigenvalue weighted by Gasteiger charge is -2.02. The first-order valence-electron chi connectivity index (χ1n) is 4.48. The molecule has 0 bridgehead atoms. The molecule has 4 heteroatoms. The number of oxazole rings is 1. The van der Waals surface area contributed by atoms with Crippen molar-refractivity contribution in [1.29, 1.82) is 0 Å². The van der Waals surface area contributed by atoms with Crippen molar-refractivity contribution in [2.24, 2.45) is 5.73 Å². The van der Waals surface area contributed by atoms with Gasteiger partial charge in [0.2, 0.25) is 5.89 Å². The molecular formula is C10H11ClN2O. The average molecular weight is 211 g/mol. The molecule has 0 amide bonds. The summed E-state index contributed by atoms with van der Waals surface area (Å²) in [6.07, 6.45) is 0.675. The molecule has 0 fully saturated rings. The number of nitrogens with zero attached hydrogens (tertiary/aromatic N) is 1. The van der Waals surface area contributed by atoms with Crippen LogP contribution in [0.1, 0.15) is 18.4 Å². The van der Waals surface area contributed by atoms with Crippen LogP contribution in [0.4, 0.5) is 0 Å². The third kappa shape index (κ3) is 1.74. The van der Waals surface area contributed by atoms with Crippen molar-refractivity contribution in [3.63, 3.8) is 0 Å². The lowest BCUT2D eigenvalue weighted by molar-refractivity contribution is 0.470. The van der Waals surface area contributed by atoms with Crippen molar-refractivity contribution in [1.82, 2.24) is 4.98 Å². The van der Waals surface area contributed by atoms with Crippen molar-refractivity contribution < 1.29 is 4.42 Å². The van der Waals surface area contributed by atoms with Gasteiger partial charge in [0, 0.05) is 5.88 Å². The first-order valence-corrected chi connectivity index (χ1v) is 5.01. The molecule has 0 spiro atoms. The topological polar surface area (TPSA) is 52.0 Å². The molecule has 1 aromatic carbocycles. The van der Waals surface area contributed by atoms with Crippen molar-refractivity contribution >= 4 is 22.7 Å². The number of alkyl halides is 1. The smallest absolute Gasteiger partial charge is 0.212 e. The minimum Gasteiger partial charge on any atom is -0.439 e. The quantitative estimate of drug-likeness (QED) is 0.792. The summed E-state index contributed by atoms with van der Waals surface area (Å²) < 4.78 is 5.49. The van der Waals surface area contributed by atoms with Crippen LogP contribution >= 0.6 is 11.6 Å². The van der Waals surface area contributed by atoms with E-state index in [1.807, 2.05) is 24.3 Å². The summed E-state index contributed by atoms with van der Waals surface area (Å²) in [5.41, 5.74) is 7.44. The summed E-state index contributed by atoms with van der Waals surface area (Å²) in [7, 11) is 0. The number of halogens is 1. The number of hydrogen-bond donors (Lipinski definition) is 1. The summed E-state index contributed by atoms with van der Waals surface area (Å²) in [5, 5.41) is 0. The number of fused-ring (bicyclic) bond motifs is 1. The van der Waals surface area contributed by atoms with E-state index < -0.39 is 0 Å². The van der Waals surface area contributed by atoms with E-state index in [2.05, 4.69) is 4.98 Å². The Bertz CT molecular complexity index is 394. The normalized spacial score (nSPS) is 13.3. The third-order valence-electron chi connectivity index (χ3n) is 2.05. The number of nitrogens with two attached hydrogens (primary N) is 1. The van der Waals surface area contributed by atoms with Gasteiger partial charge in [0.1, 0.15) is 5.52 Å². The monoisotopic (exact) mass is 210 g/mol. The van der Waals surface area contributed by atoms with E-state index in [-0.39, 0.29) is 6.04 Å². The van der Waals surface area contributed by atoms with E-state index in [9.17, 15) is 0 Å². The van der Waals surface area contributed by atoms with Crippen LogP contribution < -0.4 is 5.73 Å². The summed E-state index contributed by atoms with van der Waals surface area (Å²) in [6.45, 7) is 0. The summed E-state index contributed by atoms with van der Waals surface area (Å²) in [4.78, 5) is 4.28. The van der Waals surface area contributed by atoms with Crippen molar-refractivity contribution in [3.8, 4) is 0 Å². The minimum absolute atomic E-state index is 0.208. The molecular weight excluding hydrogens is 200 g/mol. The highest BCUT2D eigenvalue weighted by Crippen LogP contribution is 2.20. The second kappa shape index (κ2) is 3.98. The molecule has 0 radical (unpaired) electrons. The Balaban J connectivity index is 2.35. The van der Waals surface area contributed by atoms with Crippen molar-refractivity contribution in [2.75, 3.05) is 5.88 Å². The van der Waals surface area contributed by atoms with Crippen molar-refractivity contribution in [2.45, 2.75) is 12.5 Å². The van der Waals surface area contributed by atoms with Crippen molar-refractivity contribution in [3.05, 3.63) is 30.2 Å². The fourth-order valence-electron chi connectivity index (χ4n) is 1.29. The van der Waals surface area contributed by atoms with E-state index >= 15 is 0 Å². The number of benzene rings is 1. The Morgan fingerprint density at radius 1 is 1.43 bits per heavy atom. The molecule has 1 atom stereocenters. The van der Waals surface area contributed by atoms with E-state index in [0.29, 0.717) is 18.2 Å². The molecule has 2 rings (SSSR count). The molecule has 0 saturated carbocycles. The molecule has 0 aliphatic heterocycles. The molecule has 14 heavy (non-hydrogen) atoms. The van der Waals surface area contributed by atoms with E-state index in [0.717, 1.165) is 11.1 Å². The second-order valence-corrected chi connectivity index (χ2v) is 3.48. The molecule has 3 nitrogen and oxygen atoms in total. The maximum Gasteiger partial charge on any atom is 0.212 e. The summed E-state index contributed by atoms with van der Waals surface area (Å²) in [6, 6.07) is 7.39. The second-order valence-electron chi connectivity index (χ2n) is 3.10. The first-order chi connectivity index (χ1) is 6.81. The molecule has 1 heterocycles. The van der Waals surface area contributed by atoms with Crippen LogP contribution in [0.5, 0.6) is 0 Å². The highest BCUT2D eigenvalue weighted by Gasteiger charge is 2.12. The number of aromatic nitrogens is 1. The van der Waals surface area contributed by atoms with Gasteiger partial charge in [0.05, 0.1) is 6.04 Å². The Morgan fingerprint density at radius 3 is 2.93 bits per heavy atom. The standard InChI is InChI=1S/C10H11ClN2O/c11-6-5-7(12)10-13-8-3-1-2-4-9(8)14-10/h1-4,7H,5-6,12H2. The van der Waals surface area contributed by atoms with Gasteiger partial charge >= 0.3 is 0 Å². The highest BCUT2D eigenvalue weighted by molar-refractivity contribution is 6.17. The SMILES string of the molecule is NC(CCCl)c1nc2ccccc2o1. The summed E-state index contributed by atoms with van der Waals surface area (Å²) in [5.74, 6) is 1.08. The Kier molecular flexibility index (Phi) is 2.70. The van der Waals surface area contributed by atoms with Gasteiger partial charge in [-0.1, -0.05) is 12.1 Å². The maximum absolute atomic E-state index is 5.83. The van der Waals surface area contributed by atoms with E-state index in [4.69, 9.17) is 21.8 Å². The summed E-state index contributed by atoms with van der Waals surface area (Å²) >= 11 is 5.60. The van der Waals surface area contributed by atoms with Crippen LogP contribution in [0.25, 0.3) is 11.1 Å². The molecule has 74 valence electrons. The number of hydrogen-bond acceptors (Lipinski definition) is 3. The third-order valence-corrected chi connectivity index (χ3v) is 2.27. The molecule has 0 aliphatic carbocycles. The zero-order chi connectivity index (χ0) is 9.97. The largest absolute Gasteiger partial charge is 0.439 e. The Labute approximate surface area is 86.9 Å². The lowest BCUT2D eigenvalue weighted by Crippen LogP contribution is -2.10. The first kappa shape index (κ1) is 9.49. The van der Waals surface area contributed by atoms with Gasteiger partial charge < -0.3 is 10.2 Å². The molecule has 0 saturated heterocycles. The Hall–Kier alpha value is -1.06. The van der Waals surface area contributed by atoms with Crippen LogP contribution in [0.3, 0.4) is 0 Å². The fraction of sp³-hybridized carbons (Fsp3) is 0.300. The zero-order valence-electron chi connectivity index (χ0n) is 7.61. The lowest BCUT2D eigenvalue weighted by atomic mass is 10.2. The molecule has 2 aromatic rings. The fourth-order valence-corrected chi connectivity index (χ4v) is 1.52. The molecule has 1 unspecified atom stereocenters. The van der Waals surface area contributed by atoms with Gasteiger partial charge in [0.15, 0.2) is 5.58 Å². The van der Waals surface area contributed by atoms with E-state index in [1.165, 1.54) is 0 Å². The average Bonchev–Trinajstić information content (AvgIpc) is 2.61. The number of para-hydroxylation sites is 2. The molecule has 2 N–H and O–H groups in total. The van der Waals surface area contributed by atoms with Crippen LogP contribution in [0.15, 0.2) is 28.7 Å². The highest BCUT2D eigenvalue weighted by atomic mass is 35.5. The van der Waals surface area contributed by atoms with Crippen LogP contribution in [-0.4, -0.2) is 10.9 Å². The van der Waals surface area contributed by atoms with Gasteiger partial charge in [-0.25, -0.2) is 4.98 Å². The van der Waals surface area contributed by atoms with Crippen LogP contribution in [0, 0.1) is 0 Å². The molecule has 1 aromatic heterocycles.